The van der Waals surface area contributed by atoms with Crippen LogP contribution in [-0.2, 0) is 11.8 Å². The van der Waals surface area contributed by atoms with Gasteiger partial charge in [-0.3, -0.25) is 19.0 Å². The topological polar surface area (TPSA) is 138 Å². The zero-order valence-electron chi connectivity index (χ0n) is 15.1. The number of carbonyl (C=O) groups is 2. The first-order valence-electron chi connectivity index (χ1n) is 8.12. The van der Waals surface area contributed by atoms with Crippen molar-refractivity contribution in [3.63, 3.8) is 0 Å². The van der Waals surface area contributed by atoms with Crippen molar-refractivity contribution in [1.82, 2.24) is 14.5 Å². The first kappa shape index (κ1) is 18.8. The van der Waals surface area contributed by atoms with E-state index in [-0.39, 0.29) is 35.2 Å². The molecule has 3 N–H and O–H groups in total. The highest BCUT2D eigenvalue weighted by Crippen LogP contribution is 2.35. The van der Waals surface area contributed by atoms with Gasteiger partial charge in [-0.2, -0.15) is 0 Å². The summed E-state index contributed by atoms with van der Waals surface area (Å²) in [5.41, 5.74) is 5.25. The van der Waals surface area contributed by atoms with Gasteiger partial charge in [-0.15, -0.1) is 0 Å². The Labute approximate surface area is 158 Å². The van der Waals surface area contributed by atoms with Gasteiger partial charge in [0.15, 0.2) is 17.8 Å². The van der Waals surface area contributed by atoms with E-state index in [0.717, 1.165) is 0 Å². The highest BCUT2D eigenvalue weighted by atomic mass is 16.5. The van der Waals surface area contributed by atoms with Crippen LogP contribution in [0.3, 0.4) is 0 Å². The van der Waals surface area contributed by atoms with Crippen molar-refractivity contribution in [2.45, 2.75) is 0 Å². The Balaban J connectivity index is 2.08. The number of nitrogen functional groups attached to an aromatic ring is 1. The molecular weight excluding hydrogens is 366 g/mol. The number of hydrogen-bond acceptors (Lipinski definition) is 8. The Bertz CT molecular complexity index is 1110. The van der Waals surface area contributed by atoms with E-state index < -0.39 is 5.91 Å². The summed E-state index contributed by atoms with van der Waals surface area (Å²) >= 11 is 0. The van der Waals surface area contributed by atoms with Crippen LogP contribution in [-0.4, -0.2) is 40.4 Å². The van der Waals surface area contributed by atoms with E-state index in [0.29, 0.717) is 22.8 Å². The van der Waals surface area contributed by atoms with E-state index >= 15 is 0 Å². The molecular formula is C18H17N5O5. The number of aromatic nitrogens is 3. The molecule has 0 saturated carbocycles. The Morgan fingerprint density at radius 1 is 1.29 bits per heavy atom. The van der Waals surface area contributed by atoms with Crippen LogP contribution in [0.1, 0.15) is 10.4 Å². The van der Waals surface area contributed by atoms with Crippen LogP contribution in [0.2, 0.25) is 0 Å². The van der Waals surface area contributed by atoms with Crippen LogP contribution in [0.25, 0.3) is 10.8 Å². The molecule has 1 aromatic carbocycles. The van der Waals surface area contributed by atoms with Crippen LogP contribution in [0.5, 0.6) is 11.5 Å². The maximum atomic E-state index is 12.7. The summed E-state index contributed by atoms with van der Waals surface area (Å²) in [5, 5.41) is 3.44. The average molecular weight is 383 g/mol. The molecule has 0 spiro atoms. The molecule has 2 heterocycles. The summed E-state index contributed by atoms with van der Waals surface area (Å²) in [6, 6.07) is 4.70. The predicted octanol–water partition coefficient (Wildman–Crippen LogP) is 0.749. The molecule has 0 bridgehead atoms. The van der Waals surface area contributed by atoms with Crippen LogP contribution >= 0.6 is 0 Å². The number of nitrogens with two attached hydrogens (primary N) is 1. The number of amides is 1. The Hall–Kier alpha value is -3.95. The molecule has 144 valence electrons. The van der Waals surface area contributed by atoms with Gasteiger partial charge in [0.2, 0.25) is 5.95 Å². The third-order valence-electron chi connectivity index (χ3n) is 4.02. The first-order chi connectivity index (χ1) is 13.5. The molecule has 0 radical (unpaired) electrons. The minimum Gasteiger partial charge on any atom is -0.492 e. The second-order valence-corrected chi connectivity index (χ2v) is 5.71. The Morgan fingerprint density at radius 2 is 2.00 bits per heavy atom. The number of fused-ring (bicyclic) bond motifs is 1. The van der Waals surface area contributed by atoms with Gasteiger partial charge in [0, 0.05) is 24.8 Å². The van der Waals surface area contributed by atoms with Gasteiger partial charge in [-0.05, 0) is 18.2 Å². The SMILES string of the molecule is COc1c(OCC=O)ccc2c(=O)n(C)c(NC(=O)c3cnc(N)nc3)cc12. The lowest BCUT2D eigenvalue weighted by atomic mass is 10.1. The summed E-state index contributed by atoms with van der Waals surface area (Å²) in [6.45, 7) is -0.159. The maximum Gasteiger partial charge on any atom is 0.259 e. The van der Waals surface area contributed by atoms with E-state index in [4.69, 9.17) is 15.2 Å². The molecule has 1 amide bonds. The van der Waals surface area contributed by atoms with Crippen molar-refractivity contribution in [3.05, 3.63) is 46.5 Å². The average Bonchev–Trinajstić information content (AvgIpc) is 2.70. The summed E-state index contributed by atoms with van der Waals surface area (Å²) in [5.74, 6) is 0.344. The van der Waals surface area contributed by atoms with Gasteiger partial charge in [0.25, 0.3) is 11.5 Å². The number of pyridine rings is 1. The number of hydrogen-bond donors (Lipinski definition) is 2. The number of ether oxygens (including phenoxy) is 2. The molecule has 2 aromatic heterocycles. The van der Waals surface area contributed by atoms with Gasteiger partial charge in [-0.1, -0.05) is 0 Å². The largest absolute Gasteiger partial charge is 0.492 e. The molecule has 3 aromatic rings. The van der Waals surface area contributed by atoms with Crippen molar-refractivity contribution in [2.75, 3.05) is 24.8 Å². The monoisotopic (exact) mass is 383 g/mol. The van der Waals surface area contributed by atoms with Crippen LogP contribution in [0.4, 0.5) is 11.8 Å². The number of nitrogens with zero attached hydrogens (tertiary/aromatic N) is 3. The third-order valence-corrected chi connectivity index (χ3v) is 4.02. The van der Waals surface area contributed by atoms with Crippen molar-refractivity contribution < 1.29 is 19.1 Å². The highest BCUT2D eigenvalue weighted by Gasteiger charge is 2.17. The number of aldehydes is 1. The minimum absolute atomic E-state index is 0.0437. The molecule has 0 saturated heterocycles. The minimum atomic E-state index is -0.512. The normalized spacial score (nSPS) is 10.5. The van der Waals surface area contributed by atoms with Crippen LogP contribution in [0, 0.1) is 0 Å². The summed E-state index contributed by atoms with van der Waals surface area (Å²) in [4.78, 5) is 43.3. The van der Waals surface area contributed by atoms with E-state index in [2.05, 4.69) is 15.3 Å². The van der Waals surface area contributed by atoms with Gasteiger partial charge >= 0.3 is 0 Å². The lowest BCUT2D eigenvalue weighted by Gasteiger charge is -2.15. The van der Waals surface area contributed by atoms with Crippen molar-refractivity contribution in [1.29, 1.82) is 0 Å². The van der Waals surface area contributed by atoms with Crippen LogP contribution < -0.4 is 26.1 Å². The molecule has 0 fully saturated rings. The van der Waals surface area contributed by atoms with Crippen molar-refractivity contribution in [3.8, 4) is 11.5 Å². The molecule has 10 nitrogen and oxygen atoms in total. The van der Waals surface area contributed by atoms with E-state index in [1.54, 1.807) is 18.2 Å². The predicted molar refractivity (Wildman–Crippen MR) is 102 cm³/mol. The Kier molecular flexibility index (Phi) is 5.21. The van der Waals surface area contributed by atoms with E-state index in [1.165, 1.54) is 31.1 Å². The van der Waals surface area contributed by atoms with Crippen molar-refractivity contribution in [2.24, 2.45) is 7.05 Å². The number of anilines is 2. The molecule has 0 aliphatic carbocycles. The van der Waals surface area contributed by atoms with Crippen LogP contribution in [0.15, 0.2) is 35.4 Å². The summed E-state index contributed by atoms with van der Waals surface area (Å²) < 4.78 is 12.0. The van der Waals surface area contributed by atoms with Gasteiger partial charge in [0.1, 0.15) is 12.4 Å². The molecule has 3 rings (SSSR count). The quantitative estimate of drug-likeness (QED) is 0.595. The Morgan fingerprint density at radius 3 is 2.64 bits per heavy atom. The van der Waals surface area contributed by atoms with Gasteiger partial charge in [0.05, 0.1) is 18.1 Å². The van der Waals surface area contributed by atoms with Crippen molar-refractivity contribution >= 4 is 34.7 Å². The smallest absolute Gasteiger partial charge is 0.259 e. The maximum absolute atomic E-state index is 12.7. The fraction of sp³-hybridized carbons (Fsp3) is 0.167. The summed E-state index contributed by atoms with van der Waals surface area (Å²) in [6.07, 6.45) is 3.17. The number of rotatable bonds is 6. The second-order valence-electron chi connectivity index (χ2n) is 5.71. The lowest BCUT2D eigenvalue weighted by Crippen LogP contribution is -2.24. The fourth-order valence-corrected chi connectivity index (χ4v) is 2.64. The molecule has 0 atom stereocenters. The zero-order chi connectivity index (χ0) is 20.3. The number of carbonyl (C=O) groups excluding carboxylic acids is 2. The number of benzene rings is 1. The van der Waals surface area contributed by atoms with Gasteiger partial charge < -0.3 is 20.5 Å². The number of nitrogens with one attached hydrogen (secondary N) is 1. The van der Waals surface area contributed by atoms with E-state index in [1.807, 2.05) is 0 Å². The zero-order valence-corrected chi connectivity index (χ0v) is 15.1. The second kappa shape index (κ2) is 7.74. The highest BCUT2D eigenvalue weighted by molar-refractivity contribution is 6.04. The molecule has 0 unspecified atom stereocenters. The first-order valence-corrected chi connectivity index (χ1v) is 8.12. The third kappa shape index (κ3) is 3.47. The molecule has 28 heavy (non-hydrogen) atoms. The van der Waals surface area contributed by atoms with Gasteiger partial charge in [-0.25, -0.2) is 9.97 Å². The fourth-order valence-electron chi connectivity index (χ4n) is 2.64. The lowest BCUT2D eigenvalue weighted by molar-refractivity contribution is -0.109. The van der Waals surface area contributed by atoms with E-state index in [9.17, 15) is 14.4 Å². The summed E-state index contributed by atoms with van der Waals surface area (Å²) in [7, 11) is 2.95. The molecule has 0 aliphatic rings. The number of methoxy groups -OCH3 is 1. The standard InChI is InChI=1S/C18H17N5O5/c1-23-14(22-16(25)10-8-20-18(19)21-9-10)7-12-11(17(23)26)3-4-13(15(12)27-2)28-6-5-24/h3-5,7-9H,6H2,1-2H3,(H,22,25)(H2,19,20,21). The molecule has 0 aliphatic heterocycles. The molecule has 10 heteroatoms.